The third-order valence-corrected chi connectivity index (χ3v) is 7.16. The number of aromatic nitrogens is 4. The normalized spacial score (nSPS) is 34.8. The molecule has 1 saturated carbocycles. The first-order valence-corrected chi connectivity index (χ1v) is 11.0. The minimum Gasteiger partial charge on any atom is -0.480 e. The summed E-state index contributed by atoms with van der Waals surface area (Å²) in [6.07, 6.45) is 4.26. The van der Waals surface area contributed by atoms with E-state index in [9.17, 15) is 19.8 Å². The van der Waals surface area contributed by atoms with Crippen molar-refractivity contribution in [1.82, 2.24) is 30.4 Å². The maximum Gasteiger partial charge on any atom is 0.321 e. The number of hydrogen-bond donors (Lipinski definition) is 3. The Hall–Kier alpha value is -2.07. The fourth-order valence-electron chi connectivity index (χ4n) is 5.47. The van der Waals surface area contributed by atoms with Gasteiger partial charge in [0.15, 0.2) is 5.82 Å². The lowest BCUT2D eigenvalue weighted by molar-refractivity contribution is -0.143. The van der Waals surface area contributed by atoms with Gasteiger partial charge in [0.05, 0.1) is 6.04 Å². The zero-order chi connectivity index (χ0) is 21.4. The van der Waals surface area contributed by atoms with Crippen molar-refractivity contribution in [3.8, 4) is 0 Å². The van der Waals surface area contributed by atoms with Gasteiger partial charge >= 0.3 is 11.9 Å². The van der Waals surface area contributed by atoms with Gasteiger partial charge in [0.1, 0.15) is 12.1 Å². The van der Waals surface area contributed by atoms with Gasteiger partial charge < -0.3 is 15.5 Å². The molecule has 166 valence electrons. The molecule has 0 amide bonds. The molecule has 2 aliphatic heterocycles. The van der Waals surface area contributed by atoms with Crippen LogP contribution in [0.25, 0.3) is 0 Å². The molecule has 3 aliphatic rings. The largest absolute Gasteiger partial charge is 0.480 e. The first-order chi connectivity index (χ1) is 14.3. The molecule has 1 aliphatic carbocycles. The highest BCUT2D eigenvalue weighted by atomic mass is 16.4. The summed E-state index contributed by atoms with van der Waals surface area (Å²) in [5, 5.41) is 35.0. The molecule has 0 aromatic carbocycles. The Morgan fingerprint density at radius 2 is 1.93 bits per heavy atom. The van der Waals surface area contributed by atoms with Crippen LogP contribution in [-0.2, 0) is 9.59 Å². The molecule has 0 spiro atoms. The van der Waals surface area contributed by atoms with Gasteiger partial charge in [0.2, 0.25) is 0 Å². The average Bonchev–Trinajstić information content (AvgIpc) is 3.34. The maximum absolute atomic E-state index is 11.9. The Balaban J connectivity index is 1.40. The van der Waals surface area contributed by atoms with Crippen LogP contribution in [0.4, 0.5) is 0 Å². The summed E-state index contributed by atoms with van der Waals surface area (Å²) in [5.41, 5.74) is 0. The summed E-state index contributed by atoms with van der Waals surface area (Å²) in [6, 6.07) is -1.08. The standard InChI is InChI=1S/C20H32N6O4/c1-11(2)18-22-24-26(23-18)15-7-17(20(29)30)25(10-15)9-12-3-4-13-8-21-16(19(27)28)6-14(13)5-12/h11-17,21H,3-10H2,1-2H3,(H,27,28)(H,29,30)/t12?,13-,14?,15-,16?,17-/m0/s1. The van der Waals surface area contributed by atoms with E-state index in [-0.39, 0.29) is 12.0 Å². The molecule has 1 aromatic rings. The zero-order valence-corrected chi connectivity index (χ0v) is 17.6. The lowest BCUT2D eigenvalue weighted by atomic mass is 9.69. The van der Waals surface area contributed by atoms with E-state index in [2.05, 4.69) is 25.6 Å². The monoisotopic (exact) mass is 420 g/mol. The zero-order valence-electron chi connectivity index (χ0n) is 17.6. The predicted molar refractivity (Wildman–Crippen MR) is 107 cm³/mol. The number of carboxylic acids is 2. The molecule has 1 aromatic heterocycles. The predicted octanol–water partition coefficient (Wildman–Crippen LogP) is 0.976. The van der Waals surface area contributed by atoms with Gasteiger partial charge in [-0.1, -0.05) is 13.8 Å². The van der Waals surface area contributed by atoms with Crippen LogP contribution in [0.2, 0.25) is 0 Å². The summed E-state index contributed by atoms with van der Waals surface area (Å²) in [5.74, 6) is 0.618. The number of nitrogens with zero attached hydrogens (tertiary/aromatic N) is 5. The number of carboxylic acid groups (broad SMARTS) is 2. The summed E-state index contributed by atoms with van der Waals surface area (Å²) in [6.45, 7) is 6.12. The highest BCUT2D eigenvalue weighted by Gasteiger charge is 2.42. The van der Waals surface area contributed by atoms with Crippen LogP contribution in [0, 0.1) is 17.8 Å². The molecule has 3 N–H and O–H groups in total. The van der Waals surface area contributed by atoms with Crippen molar-refractivity contribution in [3.05, 3.63) is 5.82 Å². The minimum atomic E-state index is -0.803. The molecule has 10 nitrogen and oxygen atoms in total. The summed E-state index contributed by atoms with van der Waals surface area (Å²) in [4.78, 5) is 26.9. The van der Waals surface area contributed by atoms with E-state index in [1.165, 1.54) is 0 Å². The SMILES string of the molecule is CC(C)c1nnn([C@H]2C[C@@H](C(=O)O)N(CC3CC[C@H]4CNC(C(=O)O)CC4C3)C2)n1. The molecule has 0 bridgehead atoms. The number of piperidine rings is 1. The number of fused-ring (bicyclic) bond motifs is 1. The smallest absolute Gasteiger partial charge is 0.321 e. The Morgan fingerprint density at radius 1 is 1.13 bits per heavy atom. The average molecular weight is 421 g/mol. The lowest BCUT2D eigenvalue weighted by Gasteiger charge is -2.42. The van der Waals surface area contributed by atoms with Crippen molar-refractivity contribution >= 4 is 11.9 Å². The molecule has 10 heteroatoms. The minimum absolute atomic E-state index is 0.0855. The van der Waals surface area contributed by atoms with Gasteiger partial charge in [-0.3, -0.25) is 14.5 Å². The number of nitrogens with one attached hydrogen (secondary N) is 1. The van der Waals surface area contributed by atoms with Crippen LogP contribution in [0.5, 0.6) is 0 Å². The fourth-order valence-corrected chi connectivity index (χ4v) is 5.47. The molecular weight excluding hydrogens is 388 g/mol. The molecule has 30 heavy (non-hydrogen) atoms. The Bertz CT molecular complexity index is 783. The van der Waals surface area contributed by atoms with Crippen molar-refractivity contribution < 1.29 is 19.8 Å². The first-order valence-electron chi connectivity index (χ1n) is 11.0. The Morgan fingerprint density at radius 3 is 2.60 bits per heavy atom. The number of tetrazole rings is 1. The molecule has 6 atom stereocenters. The second-order valence-electron chi connectivity index (χ2n) is 9.55. The van der Waals surface area contributed by atoms with E-state index in [1.54, 1.807) is 4.80 Å². The topological polar surface area (TPSA) is 133 Å². The number of aliphatic carboxylic acids is 2. The summed E-state index contributed by atoms with van der Waals surface area (Å²) >= 11 is 0. The van der Waals surface area contributed by atoms with Gasteiger partial charge in [-0.05, 0) is 61.6 Å². The third kappa shape index (κ3) is 4.34. The van der Waals surface area contributed by atoms with Gasteiger partial charge in [-0.2, -0.15) is 4.80 Å². The second-order valence-corrected chi connectivity index (χ2v) is 9.55. The first kappa shape index (κ1) is 21.2. The molecule has 2 saturated heterocycles. The maximum atomic E-state index is 11.9. The summed E-state index contributed by atoms with van der Waals surface area (Å²) < 4.78 is 0. The van der Waals surface area contributed by atoms with E-state index in [4.69, 9.17) is 0 Å². The van der Waals surface area contributed by atoms with Crippen LogP contribution in [0.1, 0.15) is 63.7 Å². The molecule has 4 rings (SSSR count). The van der Waals surface area contributed by atoms with E-state index >= 15 is 0 Å². The van der Waals surface area contributed by atoms with Gasteiger partial charge in [0, 0.05) is 19.0 Å². The fraction of sp³-hybridized carbons (Fsp3) is 0.850. The van der Waals surface area contributed by atoms with Crippen LogP contribution < -0.4 is 5.32 Å². The van der Waals surface area contributed by atoms with E-state index in [0.717, 1.165) is 32.4 Å². The van der Waals surface area contributed by atoms with Crippen molar-refractivity contribution in [2.45, 2.75) is 70.0 Å². The van der Waals surface area contributed by atoms with Gasteiger partial charge in [-0.15, -0.1) is 10.2 Å². The second kappa shape index (κ2) is 8.58. The molecule has 3 heterocycles. The number of rotatable bonds is 6. The Kier molecular flexibility index (Phi) is 6.06. The Labute approximate surface area is 176 Å². The number of hydrogen-bond acceptors (Lipinski definition) is 7. The molecular formula is C20H32N6O4. The van der Waals surface area contributed by atoms with Crippen molar-refractivity contribution in [3.63, 3.8) is 0 Å². The van der Waals surface area contributed by atoms with Crippen molar-refractivity contribution in [1.29, 1.82) is 0 Å². The molecule has 0 radical (unpaired) electrons. The lowest BCUT2D eigenvalue weighted by Crippen LogP contribution is -2.50. The highest BCUT2D eigenvalue weighted by Crippen LogP contribution is 2.40. The number of likely N-dealkylation sites (tertiary alicyclic amines) is 1. The van der Waals surface area contributed by atoms with E-state index in [0.29, 0.717) is 43.0 Å². The van der Waals surface area contributed by atoms with E-state index < -0.39 is 24.0 Å². The third-order valence-electron chi connectivity index (χ3n) is 7.16. The van der Waals surface area contributed by atoms with Crippen LogP contribution in [-0.4, -0.2) is 79.0 Å². The number of carbonyl (C=O) groups is 2. The van der Waals surface area contributed by atoms with Crippen LogP contribution >= 0.6 is 0 Å². The quantitative estimate of drug-likeness (QED) is 0.615. The molecule has 3 fully saturated rings. The van der Waals surface area contributed by atoms with Crippen LogP contribution in [0.3, 0.4) is 0 Å². The van der Waals surface area contributed by atoms with Gasteiger partial charge in [0.25, 0.3) is 0 Å². The van der Waals surface area contributed by atoms with Gasteiger partial charge in [-0.25, -0.2) is 0 Å². The van der Waals surface area contributed by atoms with Crippen molar-refractivity contribution in [2.75, 3.05) is 19.6 Å². The summed E-state index contributed by atoms with van der Waals surface area (Å²) in [7, 11) is 0. The highest BCUT2D eigenvalue weighted by molar-refractivity contribution is 5.74. The molecule has 3 unspecified atom stereocenters. The van der Waals surface area contributed by atoms with Crippen molar-refractivity contribution in [2.24, 2.45) is 17.8 Å². The van der Waals surface area contributed by atoms with Crippen LogP contribution in [0.15, 0.2) is 0 Å². The van der Waals surface area contributed by atoms with E-state index in [1.807, 2.05) is 13.8 Å².